The van der Waals surface area contributed by atoms with Crippen molar-refractivity contribution in [1.29, 1.82) is 0 Å². The van der Waals surface area contributed by atoms with Crippen molar-refractivity contribution < 1.29 is 9.53 Å². The minimum Gasteiger partial charge on any atom is -0.463 e. The second-order valence-corrected chi connectivity index (χ2v) is 2.30. The highest BCUT2D eigenvalue weighted by Crippen LogP contribution is 1.93. The van der Waals surface area contributed by atoms with E-state index in [1.165, 1.54) is 12.3 Å². The van der Waals surface area contributed by atoms with E-state index in [1.807, 2.05) is 0 Å². The molecule has 0 aromatic carbocycles. The highest BCUT2D eigenvalue weighted by molar-refractivity contribution is 5.82. The Labute approximate surface area is 81.8 Å². The van der Waals surface area contributed by atoms with E-state index in [0.717, 1.165) is 0 Å². The number of carbonyl (C=O) groups is 1. The van der Waals surface area contributed by atoms with E-state index in [-0.39, 0.29) is 0 Å². The lowest BCUT2D eigenvalue weighted by atomic mass is 10.6. The first-order valence-electron chi connectivity index (χ1n) is 4.19. The molecule has 1 aromatic heterocycles. The third-order valence-corrected chi connectivity index (χ3v) is 1.28. The van der Waals surface area contributed by atoms with E-state index < -0.39 is 5.97 Å². The lowest BCUT2D eigenvalue weighted by molar-refractivity contribution is -0.137. The number of aromatic nitrogens is 2. The van der Waals surface area contributed by atoms with Gasteiger partial charge in [0.1, 0.15) is 0 Å². The predicted octanol–water partition coefficient (Wildman–Crippen LogP) is 0.965. The smallest absolute Gasteiger partial charge is 0.332 e. The number of hydrogen-bond acceptors (Lipinski definition) is 5. The molecule has 74 valence electrons. The van der Waals surface area contributed by atoms with Crippen molar-refractivity contribution in [3.8, 4) is 0 Å². The number of ether oxygens (including phenoxy) is 1. The number of carbonyl (C=O) groups excluding carboxylic acids is 1. The maximum absolute atomic E-state index is 10.8. The van der Waals surface area contributed by atoms with Crippen LogP contribution in [0.4, 0.5) is 5.95 Å². The fraction of sp³-hybridized carbons (Fsp3) is 0.222. The van der Waals surface area contributed by atoms with Gasteiger partial charge in [-0.15, -0.1) is 0 Å². The van der Waals surface area contributed by atoms with E-state index in [2.05, 4.69) is 20.0 Å². The Hall–Kier alpha value is -1.91. The lowest BCUT2D eigenvalue weighted by Gasteiger charge is -1.96. The zero-order valence-corrected chi connectivity index (χ0v) is 7.80. The van der Waals surface area contributed by atoms with Gasteiger partial charge >= 0.3 is 5.97 Å². The zero-order chi connectivity index (χ0) is 10.2. The highest BCUT2D eigenvalue weighted by Gasteiger charge is 1.92. The van der Waals surface area contributed by atoms with Crippen molar-refractivity contribution in [2.75, 3.05) is 11.9 Å². The summed E-state index contributed by atoms with van der Waals surface area (Å²) in [5.74, 6) is 0.0454. The van der Waals surface area contributed by atoms with Crippen molar-refractivity contribution in [3.05, 3.63) is 30.7 Å². The SMILES string of the molecule is CCOC(=O)/C=C/Nc1ncccn1. The molecule has 0 fully saturated rings. The summed E-state index contributed by atoms with van der Waals surface area (Å²) < 4.78 is 4.67. The van der Waals surface area contributed by atoms with Crippen LogP contribution in [0.3, 0.4) is 0 Å². The van der Waals surface area contributed by atoms with Gasteiger partial charge in [0, 0.05) is 24.7 Å². The third kappa shape index (κ3) is 3.66. The average Bonchev–Trinajstić information content (AvgIpc) is 2.20. The van der Waals surface area contributed by atoms with Gasteiger partial charge in [-0.05, 0) is 13.0 Å². The Morgan fingerprint density at radius 3 is 2.93 bits per heavy atom. The molecule has 0 aliphatic carbocycles. The molecule has 0 amide bonds. The number of anilines is 1. The standard InChI is InChI=1S/C9H11N3O2/c1-2-14-8(13)4-7-12-9-10-5-3-6-11-9/h3-7H,2H2,1H3,(H,10,11,12)/b7-4+. The molecule has 5 nitrogen and oxygen atoms in total. The number of rotatable bonds is 4. The van der Waals surface area contributed by atoms with Crippen LogP contribution < -0.4 is 5.32 Å². The van der Waals surface area contributed by atoms with Gasteiger partial charge in [0.2, 0.25) is 5.95 Å². The normalized spacial score (nSPS) is 10.1. The molecule has 0 spiro atoms. The first-order valence-corrected chi connectivity index (χ1v) is 4.19. The summed E-state index contributed by atoms with van der Waals surface area (Å²) in [6.45, 7) is 2.12. The van der Waals surface area contributed by atoms with Crippen LogP contribution in [-0.4, -0.2) is 22.5 Å². The van der Waals surface area contributed by atoms with Gasteiger partial charge in [-0.1, -0.05) is 0 Å². The molecule has 0 aliphatic rings. The van der Waals surface area contributed by atoms with Crippen molar-refractivity contribution in [2.45, 2.75) is 6.92 Å². The second kappa shape index (κ2) is 5.69. The summed E-state index contributed by atoms with van der Waals surface area (Å²) >= 11 is 0. The molecule has 0 saturated carbocycles. The molecule has 1 aromatic rings. The van der Waals surface area contributed by atoms with Crippen LogP contribution in [0.15, 0.2) is 30.7 Å². The predicted molar refractivity (Wildman–Crippen MR) is 51.4 cm³/mol. The number of hydrogen-bond donors (Lipinski definition) is 1. The van der Waals surface area contributed by atoms with E-state index >= 15 is 0 Å². The molecule has 0 saturated heterocycles. The second-order valence-electron chi connectivity index (χ2n) is 2.30. The molecular weight excluding hydrogens is 182 g/mol. The molecule has 14 heavy (non-hydrogen) atoms. The van der Waals surface area contributed by atoms with Crippen molar-refractivity contribution in [1.82, 2.24) is 9.97 Å². The van der Waals surface area contributed by atoms with Gasteiger partial charge in [-0.3, -0.25) is 0 Å². The molecule has 0 unspecified atom stereocenters. The summed E-state index contributed by atoms with van der Waals surface area (Å²) in [6, 6.07) is 1.71. The van der Waals surface area contributed by atoms with Crippen LogP contribution in [0.25, 0.3) is 0 Å². The number of nitrogens with one attached hydrogen (secondary N) is 1. The summed E-state index contributed by atoms with van der Waals surface area (Å²) in [4.78, 5) is 18.6. The fourth-order valence-electron chi connectivity index (χ4n) is 0.748. The molecule has 5 heteroatoms. The maximum Gasteiger partial charge on any atom is 0.332 e. The van der Waals surface area contributed by atoms with Crippen molar-refractivity contribution >= 4 is 11.9 Å². The Balaban J connectivity index is 2.37. The van der Waals surface area contributed by atoms with E-state index in [0.29, 0.717) is 12.6 Å². The summed E-state index contributed by atoms with van der Waals surface area (Å²) in [5.41, 5.74) is 0. The first kappa shape index (κ1) is 10.2. The highest BCUT2D eigenvalue weighted by atomic mass is 16.5. The summed E-state index contributed by atoms with van der Waals surface area (Å²) in [5, 5.41) is 2.73. The molecule has 0 bridgehead atoms. The van der Waals surface area contributed by atoms with E-state index in [9.17, 15) is 4.79 Å². The van der Waals surface area contributed by atoms with Gasteiger partial charge in [-0.2, -0.15) is 0 Å². The van der Waals surface area contributed by atoms with Crippen LogP contribution >= 0.6 is 0 Å². The quantitative estimate of drug-likeness (QED) is 0.570. The van der Waals surface area contributed by atoms with Crippen molar-refractivity contribution in [3.63, 3.8) is 0 Å². The lowest BCUT2D eigenvalue weighted by Crippen LogP contribution is -2.01. The third-order valence-electron chi connectivity index (χ3n) is 1.28. The molecule has 1 N–H and O–H groups in total. The van der Waals surface area contributed by atoms with Crippen LogP contribution in [0.1, 0.15) is 6.92 Å². The fourth-order valence-corrected chi connectivity index (χ4v) is 0.748. The van der Waals surface area contributed by atoms with Gasteiger partial charge in [0.25, 0.3) is 0 Å². The summed E-state index contributed by atoms with van der Waals surface area (Å²) in [6.07, 6.45) is 5.92. The average molecular weight is 193 g/mol. The molecule has 0 atom stereocenters. The van der Waals surface area contributed by atoms with Gasteiger partial charge in [-0.25, -0.2) is 14.8 Å². The minimum atomic E-state index is -0.393. The van der Waals surface area contributed by atoms with E-state index in [1.54, 1.807) is 25.4 Å². The largest absolute Gasteiger partial charge is 0.463 e. The number of nitrogens with zero attached hydrogens (tertiary/aromatic N) is 2. The summed E-state index contributed by atoms with van der Waals surface area (Å²) in [7, 11) is 0. The van der Waals surface area contributed by atoms with Gasteiger partial charge in [0.15, 0.2) is 0 Å². The monoisotopic (exact) mass is 193 g/mol. The van der Waals surface area contributed by atoms with Crippen LogP contribution in [0, 0.1) is 0 Å². The Morgan fingerprint density at radius 1 is 1.57 bits per heavy atom. The Bertz CT molecular complexity index is 311. The molecule has 1 heterocycles. The Kier molecular flexibility index (Phi) is 4.13. The van der Waals surface area contributed by atoms with Crippen LogP contribution in [0.5, 0.6) is 0 Å². The van der Waals surface area contributed by atoms with Crippen LogP contribution in [0.2, 0.25) is 0 Å². The van der Waals surface area contributed by atoms with Gasteiger partial charge < -0.3 is 10.1 Å². The van der Waals surface area contributed by atoms with Crippen molar-refractivity contribution in [2.24, 2.45) is 0 Å². The molecule has 0 aliphatic heterocycles. The minimum absolute atomic E-state index is 0.366. The van der Waals surface area contributed by atoms with Gasteiger partial charge in [0.05, 0.1) is 6.61 Å². The molecule has 1 rings (SSSR count). The first-order chi connectivity index (χ1) is 6.83. The Morgan fingerprint density at radius 2 is 2.29 bits per heavy atom. The molecule has 0 radical (unpaired) electrons. The topological polar surface area (TPSA) is 64.1 Å². The van der Waals surface area contributed by atoms with Crippen LogP contribution in [-0.2, 0) is 9.53 Å². The maximum atomic E-state index is 10.8. The number of esters is 1. The van der Waals surface area contributed by atoms with E-state index in [4.69, 9.17) is 0 Å². The zero-order valence-electron chi connectivity index (χ0n) is 7.80. The molecular formula is C9H11N3O2.